The topological polar surface area (TPSA) is 47.9 Å². The summed E-state index contributed by atoms with van der Waals surface area (Å²) in [5, 5.41) is 2.27. The van der Waals surface area contributed by atoms with Crippen molar-refractivity contribution in [2.45, 2.75) is 19.8 Å². The van der Waals surface area contributed by atoms with Crippen molar-refractivity contribution in [3.63, 3.8) is 0 Å². The van der Waals surface area contributed by atoms with Crippen LogP contribution in [0.3, 0.4) is 0 Å². The van der Waals surface area contributed by atoms with Crippen molar-refractivity contribution >= 4 is 10.8 Å². The Morgan fingerprint density at radius 1 is 1.05 bits per heavy atom. The summed E-state index contributed by atoms with van der Waals surface area (Å²) < 4.78 is 5.53. The zero-order chi connectivity index (χ0) is 14.5. The third-order valence-electron chi connectivity index (χ3n) is 3.26. The van der Waals surface area contributed by atoms with Crippen LogP contribution in [0, 0.1) is 6.33 Å². The van der Waals surface area contributed by atoms with Crippen molar-refractivity contribution < 1.29 is 4.74 Å². The van der Waals surface area contributed by atoms with Crippen molar-refractivity contribution in [1.82, 2.24) is 15.0 Å². The first-order valence-electron chi connectivity index (χ1n) is 7.11. The van der Waals surface area contributed by atoms with Crippen LogP contribution in [0.2, 0.25) is 0 Å². The first-order valence-corrected chi connectivity index (χ1v) is 7.11. The van der Waals surface area contributed by atoms with E-state index < -0.39 is 0 Å². The number of hydrogen-bond donors (Lipinski definition) is 0. The highest BCUT2D eigenvalue weighted by Crippen LogP contribution is 2.26. The van der Waals surface area contributed by atoms with Crippen molar-refractivity contribution in [3.05, 3.63) is 48.8 Å². The van der Waals surface area contributed by atoms with Crippen LogP contribution in [0.4, 0.5) is 0 Å². The number of fused-ring (bicyclic) bond motifs is 1. The Balaban J connectivity index is 1.97. The molecule has 0 bridgehead atoms. The standard InChI is InChI=1S/C17H16N3O/c1-2-3-11-21-17-19-12-18-16(20-17)15-10-6-8-13-7-4-5-9-14(13)15/h4-10H,2-3,11H2,1H3. The number of nitrogens with zero attached hydrogens (tertiary/aromatic N) is 3. The quantitative estimate of drug-likeness (QED) is 0.668. The van der Waals surface area contributed by atoms with Gasteiger partial charge in [0.25, 0.3) is 0 Å². The molecule has 0 saturated heterocycles. The Bertz CT molecular complexity index is 737. The highest BCUT2D eigenvalue weighted by Gasteiger charge is 2.08. The fourth-order valence-electron chi connectivity index (χ4n) is 2.17. The first-order chi connectivity index (χ1) is 10.4. The van der Waals surface area contributed by atoms with Gasteiger partial charge < -0.3 is 4.74 Å². The summed E-state index contributed by atoms with van der Waals surface area (Å²) in [7, 11) is 0. The van der Waals surface area contributed by atoms with Crippen LogP contribution in [0.1, 0.15) is 19.8 Å². The van der Waals surface area contributed by atoms with Gasteiger partial charge in [0.15, 0.2) is 5.82 Å². The van der Waals surface area contributed by atoms with Crippen molar-refractivity contribution in [1.29, 1.82) is 0 Å². The predicted octanol–water partition coefficient (Wildman–Crippen LogP) is 3.67. The fraction of sp³-hybridized carbons (Fsp3) is 0.235. The van der Waals surface area contributed by atoms with Gasteiger partial charge in [0.05, 0.1) is 6.61 Å². The molecular weight excluding hydrogens is 262 g/mol. The molecule has 0 aliphatic carbocycles. The molecule has 0 amide bonds. The highest BCUT2D eigenvalue weighted by molar-refractivity contribution is 5.94. The van der Waals surface area contributed by atoms with E-state index in [4.69, 9.17) is 4.74 Å². The van der Waals surface area contributed by atoms with Gasteiger partial charge in [0.1, 0.15) is 0 Å². The molecule has 21 heavy (non-hydrogen) atoms. The highest BCUT2D eigenvalue weighted by atomic mass is 16.5. The normalized spacial score (nSPS) is 10.7. The number of rotatable bonds is 5. The Labute approximate surface area is 123 Å². The van der Waals surface area contributed by atoms with Crippen LogP contribution in [0.15, 0.2) is 42.5 Å². The third-order valence-corrected chi connectivity index (χ3v) is 3.26. The van der Waals surface area contributed by atoms with Gasteiger partial charge in [-0.25, -0.2) is 4.98 Å². The zero-order valence-corrected chi connectivity index (χ0v) is 11.9. The van der Waals surface area contributed by atoms with Gasteiger partial charge >= 0.3 is 6.01 Å². The first kappa shape index (κ1) is 13.5. The Morgan fingerprint density at radius 2 is 1.90 bits per heavy atom. The maximum Gasteiger partial charge on any atom is 0.320 e. The minimum atomic E-state index is 0.335. The molecule has 0 spiro atoms. The second-order valence-corrected chi connectivity index (χ2v) is 4.77. The van der Waals surface area contributed by atoms with Crippen LogP contribution in [-0.4, -0.2) is 21.6 Å². The van der Waals surface area contributed by atoms with E-state index in [-0.39, 0.29) is 0 Å². The summed E-state index contributed by atoms with van der Waals surface area (Å²) in [4.78, 5) is 12.5. The lowest BCUT2D eigenvalue weighted by Crippen LogP contribution is -2.02. The van der Waals surface area contributed by atoms with E-state index in [0.717, 1.165) is 29.2 Å². The van der Waals surface area contributed by atoms with Gasteiger partial charge in [-0.1, -0.05) is 55.8 Å². The second-order valence-electron chi connectivity index (χ2n) is 4.77. The molecule has 2 aromatic carbocycles. The fourth-order valence-corrected chi connectivity index (χ4v) is 2.17. The van der Waals surface area contributed by atoms with Crippen LogP contribution in [0.25, 0.3) is 22.2 Å². The molecule has 4 nitrogen and oxygen atoms in total. The van der Waals surface area contributed by atoms with Gasteiger partial charge in [0.2, 0.25) is 6.33 Å². The molecule has 1 heterocycles. The van der Waals surface area contributed by atoms with Gasteiger partial charge in [-0.2, -0.15) is 9.97 Å². The van der Waals surface area contributed by atoms with Crippen LogP contribution in [0.5, 0.6) is 6.01 Å². The summed E-state index contributed by atoms with van der Waals surface area (Å²) in [6.07, 6.45) is 4.69. The Hall–Kier alpha value is -2.49. The van der Waals surface area contributed by atoms with Crippen molar-refractivity contribution in [3.8, 4) is 17.4 Å². The van der Waals surface area contributed by atoms with Crippen LogP contribution >= 0.6 is 0 Å². The average molecular weight is 278 g/mol. The summed E-state index contributed by atoms with van der Waals surface area (Å²) >= 11 is 0. The lowest BCUT2D eigenvalue weighted by atomic mass is 10.0. The number of hydrogen-bond acceptors (Lipinski definition) is 4. The molecule has 0 atom stereocenters. The Kier molecular flexibility index (Phi) is 4.05. The monoisotopic (exact) mass is 278 g/mol. The second kappa shape index (κ2) is 6.31. The zero-order valence-electron chi connectivity index (χ0n) is 11.9. The molecule has 1 aromatic heterocycles. The number of unbranched alkanes of at least 4 members (excludes halogenated alkanes) is 1. The molecule has 105 valence electrons. The largest absolute Gasteiger partial charge is 0.463 e. The minimum Gasteiger partial charge on any atom is -0.463 e. The summed E-state index contributed by atoms with van der Waals surface area (Å²) in [6.45, 7) is 2.73. The predicted molar refractivity (Wildman–Crippen MR) is 82.0 cm³/mol. The summed E-state index contributed by atoms with van der Waals surface area (Å²) in [5.41, 5.74) is 0.965. The van der Waals surface area contributed by atoms with E-state index in [1.807, 2.05) is 24.3 Å². The van der Waals surface area contributed by atoms with E-state index >= 15 is 0 Å². The lowest BCUT2D eigenvalue weighted by molar-refractivity contribution is 0.284. The molecule has 1 radical (unpaired) electrons. The Morgan fingerprint density at radius 3 is 2.81 bits per heavy atom. The molecule has 4 heteroatoms. The molecule has 0 aliphatic heterocycles. The number of ether oxygens (including phenoxy) is 1. The van der Waals surface area contributed by atoms with E-state index in [0.29, 0.717) is 18.4 Å². The van der Waals surface area contributed by atoms with E-state index in [9.17, 15) is 0 Å². The maximum atomic E-state index is 5.53. The maximum absolute atomic E-state index is 5.53. The molecule has 0 fully saturated rings. The van der Waals surface area contributed by atoms with Gasteiger partial charge in [-0.15, -0.1) is 0 Å². The van der Waals surface area contributed by atoms with E-state index in [2.05, 4.69) is 46.4 Å². The average Bonchev–Trinajstić information content (AvgIpc) is 2.55. The van der Waals surface area contributed by atoms with Gasteiger partial charge in [-0.3, -0.25) is 0 Å². The van der Waals surface area contributed by atoms with E-state index in [1.54, 1.807) is 0 Å². The smallest absolute Gasteiger partial charge is 0.320 e. The minimum absolute atomic E-state index is 0.335. The summed E-state index contributed by atoms with van der Waals surface area (Å²) in [5.74, 6) is 0.591. The van der Waals surface area contributed by atoms with Gasteiger partial charge in [0, 0.05) is 5.56 Å². The molecule has 3 rings (SSSR count). The summed E-state index contributed by atoms with van der Waals surface area (Å²) in [6, 6.07) is 14.6. The third kappa shape index (κ3) is 2.99. The lowest BCUT2D eigenvalue weighted by Gasteiger charge is -2.06. The van der Waals surface area contributed by atoms with Crippen molar-refractivity contribution in [2.24, 2.45) is 0 Å². The number of benzene rings is 2. The molecule has 0 saturated carbocycles. The molecule has 0 unspecified atom stereocenters. The molecule has 0 N–H and O–H groups in total. The van der Waals surface area contributed by atoms with Crippen LogP contribution in [-0.2, 0) is 0 Å². The molecule has 3 aromatic rings. The van der Waals surface area contributed by atoms with Crippen LogP contribution < -0.4 is 4.74 Å². The number of aromatic nitrogens is 3. The molecular formula is C17H16N3O. The molecule has 0 aliphatic rings. The van der Waals surface area contributed by atoms with Crippen molar-refractivity contribution in [2.75, 3.05) is 6.61 Å². The van der Waals surface area contributed by atoms with Gasteiger partial charge in [-0.05, 0) is 17.2 Å². The SMILES string of the molecule is CCCCOc1n[c]nc(-c2cccc3ccccc23)n1. The van der Waals surface area contributed by atoms with E-state index in [1.165, 1.54) is 0 Å².